The topological polar surface area (TPSA) is 12.9 Å². The van der Waals surface area contributed by atoms with Crippen LogP contribution in [0, 0.1) is 0 Å². The SMILES string of the molecule is Clc1ccc(C2(c3cccnc3)SCCCS2)cc1. The normalized spacial score (nSPS) is 18.2. The Hall–Kier alpha value is -0.640. The highest BCUT2D eigenvalue weighted by Gasteiger charge is 2.37. The third-order valence-electron chi connectivity index (χ3n) is 3.17. The standard InChI is InChI=1S/C15H14ClNS2/c16-14-6-4-12(5-7-14)15(18-9-2-10-19-15)13-3-1-8-17-11-13/h1,3-8,11H,2,9-10H2. The summed E-state index contributed by atoms with van der Waals surface area (Å²) in [6.45, 7) is 0. The molecule has 3 rings (SSSR count). The number of thioether (sulfide) groups is 2. The number of hydrogen-bond acceptors (Lipinski definition) is 3. The van der Waals surface area contributed by atoms with Gasteiger partial charge in [-0.15, -0.1) is 23.5 Å². The Labute approximate surface area is 127 Å². The van der Waals surface area contributed by atoms with Crippen LogP contribution < -0.4 is 0 Å². The van der Waals surface area contributed by atoms with E-state index in [4.69, 9.17) is 11.6 Å². The molecule has 0 N–H and O–H groups in total. The summed E-state index contributed by atoms with van der Waals surface area (Å²) in [4.78, 5) is 4.30. The molecule has 1 aliphatic rings. The van der Waals surface area contributed by atoms with Crippen LogP contribution in [0.4, 0.5) is 0 Å². The van der Waals surface area contributed by atoms with Crippen molar-refractivity contribution in [1.82, 2.24) is 4.98 Å². The largest absolute Gasteiger partial charge is 0.264 e. The Kier molecular flexibility index (Phi) is 4.06. The lowest BCUT2D eigenvalue weighted by Gasteiger charge is -2.36. The molecule has 19 heavy (non-hydrogen) atoms. The first-order valence-corrected chi connectivity index (χ1v) is 8.61. The van der Waals surface area contributed by atoms with Gasteiger partial charge in [0.15, 0.2) is 0 Å². The van der Waals surface area contributed by atoms with Crippen molar-refractivity contribution in [2.45, 2.75) is 10.5 Å². The summed E-state index contributed by atoms with van der Waals surface area (Å²) in [6, 6.07) is 12.4. The molecule has 1 saturated heterocycles. The Morgan fingerprint density at radius 3 is 2.37 bits per heavy atom. The van der Waals surface area contributed by atoms with E-state index in [1.165, 1.54) is 29.1 Å². The predicted octanol–water partition coefficient (Wildman–Crippen LogP) is 4.81. The molecule has 1 aromatic heterocycles. The van der Waals surface area contributed by atoms with Crippen LogP contribution in [0.5, 0.6) is 0 Å². The van der Waals surface area contributed by atoms with Gasteiger partial charge in [0.25, 0.3) is 0 Å². The minimum Gasteiger partial charge on any atom is -0.264 e. The maximum absolute atomic E-state index is 6.02. The monoisotopic (exact) mass is 307 g/mol. The van der Waals surface area contributed by atoms with Crippen molar-refractivity contribution in [2.75, 3.05) is 11.5 Å². The molecule has 2 aromatic rings. The fourth-order valence-electron chi connectivity index (χ4n) is 2.26. The number of aromatic nitrogens is 1. The molecule has 0 radical (unpaired) electrons. The van der Waals surface area contributed by atoms with E-state index in [1.54, 1.807) is 0 Å². The van der Waals surface area contributed by atoms with Crippen LogP contribution >= 0.6 is 35.1 Å². The molecule has 2 heterocycles. The van der Waals surface area contributed by atoms with E-state index < -0.39 is 0 Å². The molecule has 0 spiro atoms. The van der Waals surface area contributed by atoms with Gasteiger partial charge >= 0.3 is 0 Å². The Bertz CT molecular complexity index is 536. The van der Waals surface area contributed by atoms with E-state index in [0.29, 0.717) is 0 Å². The van der Waals surface area contributed by atoms with Gasteiger partial charge in [0, 0.05) is 23.0 Å². The van der Waals surface area contributed by atoms with Crippen molar-refractivity contribution in [3.8, 4) is 0 Å². The zero-order valence-corrected chi connectivity index (χ0v) is 12.8. The maximum atomic E-state index is 6.02. The molecular weight excluding hydrogens is 294 g/mol. The highest BCUT2D eigenvalue weighted by Crippen LogP contribution is 2.54. The molecular formula is C15H14ClNS2. The summed E-state index contributed by atoms with van der Waals surface area (Å²) in [7, 11) is 0. The van der Waals surface area contributed by atoms with Gasteiger partial charge in [0.1, 0.15) is 4.08 Å². The van der Waals surface area contributed by atoms with Crippen LogP contribution in [0.25, 0.3) is 0 Å². The molecule has 1 fully saturated rings. The van der Waals surface area contributed by atoms with Crippen LogP contribution in [-0.4, -0.2) is 16.5 Å². The van der Waals surface area contributed by atoms with Crippen molar-refractivity contribution in [2.24, 2.45) is 0 Å². The van der Waals surface area contributed by atoms with E-state index >= 15 is 0 Å². The number of benzene rings is 1. The Morgan fingerprint density at radius 2 is 1.74 bits per heavy atom. The predicted molar refractivity (Wildman–Crippen MR) is 86.0 cm³/mol. The molecule has 0 atom stereocenters. The third-order valence-corrected chi connectivity index (χ3v) is 6.87. The first-order chi connectivity index (χ1) is 9.31. The van der Waals surface area contributed by atoms with Gasteiger partial charge < -0.3 is 0 Å². The van der Waals surface area contributed by atoms with Crippen molar-refractivity contribution in [1.29, 1.82) is 0 Å². The number of halogens is 1. The summed E-state index contributed by atoms with van der Waals surface area (Å²) in [5, 5.41) is 0.788. The van der Waals surface area contributed by atoms with E-state index in [9.17, 15) is 0 Å². The molecule has 0 aliphatic carbocycles. The zero-order chi connectivity index (χ0) is 13.1. The fourth-order valence-corrected chi connectivity index (χ4v) is 5.73. The summed E-state index contributed by atoms with van der Waals surface area (Å²) >= 11 is 10.0. The second-order valence-electron chi connectivity index (χ2n) is 4.42. The molecule has 0 bridgehead atoms. The zero-order valence-electron chi connectivity index (χ0n) is 10.4. The van der Waals surface area contributed by atoms with Crippen LogP contribution in [0.15, 0.2) is 48.8 Å². The lowest BCUT2D eigenvalue weighted by Crippen LogP contribution is -2.24. The molecule has 98 valence electrons. The van der Waals surface area contributed by atoms with Gasteiger partial charge in [-0.2, -0.15) is 0 Å². The van der Waals surface area contributed by atoms with E-state index in [0.717, 1.165) is 5.02 Å². The van der Waals surface area contributed by atoms with Gasteiger partial charge in [-0.25, -0.2) is 0 Å². The van der Waals surface area contributed by atoms with Gasteiger partial charge in [-0.1, -0.05) is 29.8 Å². The van der Waals surface area contributed by atoms with Crippen molar-refractivity contribution >= 4 is 35.1 Å². The van der Waals surface area contributed by atoms with Crippen LogP contribution in [0.2, 0.25) is 5.02 Å². The van der Waals surface area contributed by atoms with E-state index in [2.05, 4.69) is 23.2 Å². The summed E-state index contributed by atoms with van der Waals surface area (Å²) in [5.41, 5.74) is 2.58. The van der Waals surface area contributed by atoms with Gasteiger partial charge in [-0.05, 0) is 41.7 Å². The minimum atomic E-state index is -0.0307. The maximum Gasteiger partial charge on any atom is 0.113 e. The molecule has 1 aliphatic heterocycles. The fraction of sp³-hybridized carbons (Fsp3) is 0.267. The molecule has 0 saturated carbocycles. The summed E-state index contributed by atoms with van der Waals surface area (Å²) in [5.74, 6) is 2.37. The molecule has 1 nitrogen and oxygen atoms in total. The van der Waals surface area contributed by atoms with Crippen molar-refractivity contribution < 1.29 is 0 Å². The quantitative estimate of drug-likeness (QED) is 0.790. The molecule has 0 unspecified atom stereocenters. The minimum absolute atomic E-state index is 0.0307. The molecule has 1 aromatic carbocycles. The Balaban J connectivity index is 2.09. The van der Waals surface area contributed by atoms with Gasteiger partial charge in [0.2, 0.25) is 0 Å². The molecule has 0 amide bonds. The van der Waals surface area contributed by atoms with E-state index in [-0.39, 0.29) is 4.08 Å². The number of rotatable bonds is 2. The van der Waals surface area contributed by atoms with Crippen molar-refractivity contribution in [3.63, 3.8) is 0 Å². The average Bonchev–Trinajstić information content (AvgIpc) is 2.49. The van der Waals surface area contributed by atoms with E-state index in [1.807, 2.05) is 54.1 Å². The van der Waals surface area contributed by atoms with Crippen LogP contribution in [-0.2, 0) is 4.08 Å². The first kappa shape index (κ1) is 13.3. The molecule has 4 heteroatoms. The lowest BCUT2D eigenvalue weighted by atomic mass is 10.1. The van der Waals surface area contributed by atoms with Gasteiger partial charge in [0.05, 0.1) is 0 Å². The van der Waals surface area contributed by atoms with Crippen LogP contribution in [0.3, 0.4) is 0 Å². The smallest absolute Gasteiger partial charge is 0.113 e. The van der Waals surface area contributed by atoms with Gasteiger partial charge in [-0.3, -0.25) is 4.98 Å². The second-order valence-corrected chi connectivity index (χ2v) is 7.73. The summed E-state index contributed by atoms with van der Waals surface area (Å²) in [6.07, 6.45) is 5.09. The highest BCUT2D eigenvalue weighted by molar-refractivity contribution is 8.18. The lowest BCUT2D eigenvalue weighted by molar-refractivity contribution is 0.993. The third kappa shape index (κ3) is 2.64. The Morgan fingerprint density at radius 1 is 1.00 bits per heavy atom. The number of pyridine rings is 1. The first-order valence-electron chi connectivity index (χ1n) is 6.26. The number of hydrogen-bond donors (Lipinski definition) is 0. The van der Waals surface area contributed by atoms with Crippen LogP contribution in [0.1, 0.15) is 17.5 Å². The summed E-state index contributed by atoms with van der Waals surface area (Å²) < 4.78 is -0.0307. The second kappa shape index (κ2) is 5.78. The van der Waals surface area contributed by atoms with Crippen molar-refractivity contribution in [3.05, 3.63) is 64.9 Å². The average molecular weight is 308 g/mol. The highest BCUT2D eigenvalue weighted by atomic mass is 35.5. The number of nitrogens with zero attached hydrogens (tertiary/aromatic N) is 1.